The van der Waals surface area contributed by atoms with Gasteiger partial charge in [-0.2, -0.15) is 8.78 Å². The number of allylic oxidation sites excluding steroid dienone is 1. The van der Waals surface area contributed by atoms with Gasteiger partial charge in [-0.1, -0.05) is 23.2 Å². The number of benzene rings is 1. The first-order chi connectivity index (χ1) is 16.5. The van der Waals surface area contributed by atoms with E-state index >= 15 is 0 Å². The average molecular weight is 548 g/mol. The van der Waals surface area contributed by atoms with Crippen LogP contribution in [0.1, 0.15) is 12.5 Å². The second-order valence-corrected chi connectivity index (χ2v) is 11.2. The SMILES string of the molecule is CC(=O)N1CCN(CC2=C(c3ccc(Cl)cc3Cl)NC3C=CC(N(C(F)F)S(C)(=O)=O)=CN23)CC1. The summed E-state index contributed by atoms with van der Waals surface area (Å²) >= 11 is 12.6. The lowest BCUT2D eigenvalue weighted by Crippen LogP contribution is -2.49. The Bertz CT molecular complexity index is 1210. The largest absolute Gasteiger partial charge is 0.360 e. The van der Waals surface area contributed by atoms with Crippen LogP contribution in [0.25, 0.3) is 5.70 Å². The van der Waals surface area contributed by atoms with Crippen LogP contribution < -0.4 is 5.32 Å². The number of sulfonamides is 1. The molecule has 13 heteroatoms. The molecule has 1 amide bonds. The van der Waals surface area contributed by atoms with E-state index in [1.54, 1.807) is 34.1 Å². The first-order valence-electron chi connectivity index (χ1n) is 10.8. The fourth-order valence-corrected chi connectivity index (χ4v) is 5.65. The van der Waals surface area contributed by atoms with Crippen LogP contribution in [0.15, 0.2) is 47.9 Å². The van der Waals surface area contributed by atoms with E-state index in [-0.39, 0.29) is 15.9 Å². The average Bonchev–Trinajstić information content (AvgIpc) is 3.10. The van der Waals surface area contributed by atoms with Crippen LogP contribution in [-0.2, 0) is 14.8 Å². The molecule has 0 spiro atoms. The van der Waals surface area contributed by atoms with Gasteiger partial charge in [0.15, 0.2) is 0 Å². The molecule has 1 fully saturated rings. The van der Waals surface area contributed by atoms with Crippen LogP contribution in [0, 0.1) is 0 Å². The summed E-state index contributed by atoms with van der Waals surface area (Å²) in [5.41, 5.74) is 1.96. The van der Waals surface area contributed by atoms with E-state index in [9.17, 15) is 22.0 Å². The highest BCUT2D eigenvalue weighted by Crippen LogP contribution is 2.36. The lowest BCUT2D eigenvalue weighted by Gasteiger charge is -2.36. The van der Waals surface area contributed by atoms with Gasteiger partial charge in [0.1, 0.15) is 6.17 Å². The second-order valence-electron chi connectivity index (χ2n) is 8.47. The Balaban J connectivity index is 1.72. The zero-order chi connectivity index (χ0) is 25.5. The first kappa shape index (κ1) is 25.7. The maximum absolute atomic E-state index is 13.7. The van der Waals surface area contributed by atoms with E-state index in [1.807, 2.05) is 0 Å². The predicted molar refractivity (Wildman–Crippen MR) is 131 cm³/mol. The van der Waals surface area contributed by atoms with Gasteiger partial charge in [0.25, 0.3) is 0 Å². The Morgan fingerprint density at radius 2 is 1.91 bits per heavy atom. The number of piperazine rings is 1. The van der Waals surface area contributed by atoms with Crippen LogP contribution in [-0.4, -0.2) is 85.0 Å². The Morgan fingerprint density at radius 3 is 2.49 bits per heavy atom. The van der Waals surface area contributed by atoms with Crippen molar-refractivity contribution in [1.29, 1.82) is 0 Å². The summed E-state index contributed by atoms with van der Waals surface area (Å²) < 4.78 is 51.6. The predicted octanol–water partition coefficient (Wildman–Crippen LogP) is 2.95. The molecule has 8 nitrogen and oxygen atoms in total. The van der Waals surface area contributed by atoms with Gasteiger partial charge in [0, 0.05) is 56.4 Å². The fourth-order valence-electron chi connectivity index (χ4n) is 4.37. The number of hydrogen-bond acceptors (Lipinski definition) is 6. The van der Waals surface area contributed by atoms with Crippen molar-refractivity contribution in [1.82, 2.24) is 24.3 Å². The summed E-state index contributed by atoms with van der Waals surface area (Å²) in [5.74, 6) is 0.0155. The number of hydrogen-bond donors (Lipinski definition) is 1. The van der Waals surface area contributed by atoms with Crippen molar-refractivity contribution < 1.29 is 22.0 Å². The first-order valence-corrected chi connectivity index (χ1v) is 13.4. The topological polar surface area (TPSA) is 76.2 Å². The number of nitrogens with zero attached hydrogens (tertiary/aromatic N) is 4. The molecule has 1 saturated heterocycles. The van der Waals surface area contributed by atoms with Crippen LogP contribution in [0.4, 0.5) is 8.78 Å². The zero-order valence-corrected chi connectivity index (χ0v) is 21.4. The minimum absolute atomic E-state index is 0.0155. The van der Waals surface area contributed by atoms with Crippen molar-refractivity contribution in [3.05, 3.63) is 63.6 Å². The van der Waals surface area contributed by atoms with Crippen molar-refractivity contribution in [2.45, 2.75) is 19.6 Å². The molecule has 3 aliphatic rings. The molecule has 1 atom stereocenters. The van der Waals surface area contributed by atoms with Crippen LogP contribution in [0.2, 0.25) is 10.0 Å². The van der Waals surface area contributed by atoms with E-state index in [0.717, 1.165) is 12.0 Å². The number of carbonyl (C=O) groups excluding carboxylic acids is 1. The van der Waals surface area contributed by atoms with Gasteiger partial charge in [-0.25, -0.2) is 12.7 Å². The number of halogens is 4. The van der Waals surface area contributed by atoms with Crippen molar-refractivity contribution in [2.75, 3.05) is 39.0 Å². The fraction of sp³-hybridized carbons (Fsp3) is 0.409. The van der Waals surface area contributed by atoms with Gasteiger partial charge >= 0.3 is 6.55 Å². The maximum atomic E-state index is 13.7. The Morgan fingerprint density at radius 1 is 1.23 bits per heavy atom. The second kappa shape index (κ2) is 9.96. The molecule has 0 radical (unpaired) electrons. The quantitative estimate of drug-likeness (QED) is 0.552. The van der Waals surface area contributed by atoms with E-state index in [0.29, 0.717) is 54.0 Å². The molecule has 3 heterocycles. The van der Waals surface area contributed by atoms with Gasteiger partial charge in [0.05, 0.1) is 28.4 Å². The zero-order valence-electron chi connectivity index (χ0n) is 19.1. The van der Waals surface area contributed by atoms with Crippen LogP contribution in [0.5, 0.6) is 0 Å². The molecule has 0 aliphatic carbocycles. The molecule has 0 saturated carbocycles. The molecular weight excluding hydrogens is 523 g/mol. The molecule has 3 aliphatic heterocycles. The molecule has 35 heavy (non-hydrogen) atoms. The van der Waals surface area contributed by atoms with Crippen LogP contribution >= 0.6 is 23.2 Å². The molecule has 4 rings (SSSR count). The third-order valence-corrected chi connectivity index (χ3v) is 7.73. The van der Waals surface area contributed by atoms with Gasteiger partial charge in [0.2, 0.25) is 15.9 Å². The van der Waals surface area contributed by atoms with Gasteiger partial charge in [-0.15, -0.1) is 0 Å². The van der Waals surface area contributed by atoms with E-state index in [2.05, 4.69) is 10.2 Å². The van der Waals surface area contributed by atoms with Crippen molar-refractivity contribution in [3.8, 4) is 0 Å². The standard InChI is InChI=1S/C22H25Cl2F2N5O3S/c1-14(32)29-9-7-28(8-10-29)13-19-21(17-5-3-15(23)11-18(17)24)27-20-6-4-16(12-30(19)20)31(22(25)26)35(2,33)34/h3-6,11-12,20,22,27H,7-10,13H2,1-2H3. The highest BCUT2D eigenvalue weighted by molar-refractivity contribution is 7.88. The number of nitrogens with one attached hydrogen (secondary N) is 1. The summed E-state index contributed by atoms with van der Waals surface area (Å²) in [6, 6.07) is 5.10. The lowest BCUT2D eigenvalue weighted by molar-refractivity contribution is -0.130. The number of rotatable bonds is 6. The van der Waals surface area contributed by atoms with E-state index in [4.69, 9.17) is 23.2 Å². The van der Waals surface area contributed by atoms with E-state index in [1.165, 1.54) is 19.2 Å². The van der Waals surface area contributed by atoms with Gasteiger partial charge in [-0.3, -0.25) is 9.69 Å². The summed E-state index contributed by atoms with van der Waals surface area (Å²) in [5, 5.41) is 4.25. The number of amides is 1. The summed E-state index contributed by atoms with van der Waals surface area (Å²) in [6.45, 7) is 1.13. The molecule has 1 N–H and O–H groups in total. The summed E-state index contributed by atoms with van der Waals surface area (Å²) in [6.07, 6.45) is 4.71. The third-order valence-electron chi connectivity index (χ3n) is 6.09. The summed E-state index contributed by atoms with van der Waals surface area (Å²) in [4.78, 5) is 17.4. The molecular formula is C22H25Cl2F2N5O3S. The minimum Gasteiger partial charge on any atom is -0.360 e. The van der Waals surface area contributed by atoms with Crippen molar-refractivity contribution in [2.24, 2.45) is 0 Å². The highest BCUT2D eigenvalue weighted by atomic mass is 35.5. The van der Waals surface area contributed by atoms with Gasteiger partial charge in [-0.05, 0) is 30.4 Å². The number of carbonyl (C=O) groups is 1. The Labute approximate surface area is 213 Å². The summed E-state index contributed by atoms with van der Waals surface area (Å²) in [7, 11) is -4.21. The molecule has 0 aromatic heterocycles. The Hall–Kier alpha value is -2.34. The lowest BCUT2D eigenvalue weighted by atomic mass is 10.1. The number of alkyl halides is 2. The van der Waals surface area contributed by atoms with Crippen molar-refractivity contribution >= 4 is 44.8 Å². The smallest absolute Gasteiger partial charge is 0.327 e. The minimum atomic E-state index is -4.21. The molecule has 1 unspecified atom stereocenters. The third kappa shape index (κ3) is 5.42. The molecule has 0 bridgehead atoms. The monoisotopic (exact) mass is 547 g/mol. The van der Waals surface area contributed by atoms with Gasteiger partial charge < -0.3 is 15.1 Å². The molecule has 1 aromatic rings. The highest BCUT2D eigenvalue weighted by Gasteiger charge is 2.36. The van der Waals surface area contributed by atoms with E-state index < -0.39 is 22.7 Å². The normalized spacial score (nSPS) is 20.8. The van der Waals surface area contributed by atoms with Crippen LogP contribution in [0.3, 0.4) is 0 Å². The number of fused-ring (bicyclic) bond motifs is 1. The van der Waals surface area contributed by atoms with Crippen molar-refractivity contribution in [3.63, 3.8) is 0 Å². The maximum Gasteiger partial charge on any atom is 0.327 e. The Kier molecular flexibility index (Phi) is 7.33. The molecule has 190 valence electrons. The molecule has 1 aromatic carbocycles.